The summed E-state index contributed by atoms with van der Waals surface area (Å²) in [5, 5.41) is 11.9. The smallest absolute Gasteiger partial charge is 0.332 e. The number of benzene rings is 1. The number of carbonyl (C=O) groups excluding carboxylic acids is 1. The largest absolute Gasteiger partial charge is 0.479 e. The third-order valence-electron chi connectivity index (χ3n) is 2.29. The molecule has 0 radical (unpaired) electrons. The van der Waals surface area contributed by atoms with Gasteiger partial charge in [0.15, 0.2) is 0 Å². The van der Waals surface area contributed by atoms with Crippen LogP contribution in [0.15, 0.2) is 42.1 Å². The number of ether oxygens (including phenoxy) is 1. The van der Waals surface area contributed by atoms with E-state index in [1.54, 1.807) is 37.3 Å². The normalized spacial score (nSPS) is 12.7. The van der Waals surface area contributed by atoms with E-state index >= 15 is 0 Å². The number of hydrogen-bond acceptors (Lipinski definition) is 4. The molecule has 0 saturated heterocycles. The van der Waals surface area contributed by atoms with Crippen molar-refractivity contribution in [2.45, 2.75) is 13.0 Å². The molecule has 5 nitrogen and oxygen atoms in total. The number of allylic oxidation sites excluding steroid dienone is 1. The summed E-state index contributed by atoms with van der Waals surface area (Å²) in [5.74, 6) is -1.55. The number of carbonyl (C=O) groups is 2. The van der Waals surface area contributed by atoms with Crippen LogP contribution in [0.2, 0.25) is 0 Å². The molecule has 0 heterocycles. The van der Waals surface area contributed by atoms with Crippen LogP contribution in [0, 0.1) is 0 Å². The Bertz CT molecular complexity index is 453. The molecule has 0 aliphatic heterocycles. The predicted octanol–water partition coefficient (Wildman–Crippen LogP) is 1.48. The van der Waals surface area contributed by atoms with Gasteiger partial charge in [-0.15, -0.1) is 0 Å². The van der Waals surface area contributed by atoms with E-state index in [0.717, 1.165) is 0 Å². The molecule has 0 saturated carbocycles. The Labute approximate surface area is 105 Å². The summed E-state index contributed by atoms with van der Waals surface area (Å²) in [5.41, 5.74) is 1.04. The Morgan fingerprint density at radius 3 is 2.44 bits per heavy atom. The van der Waals surface area contributed by atoms with Crippen LogP contribution in [0.4, 0.5) is 0 Å². The van der Waals surface area contributed by atoms with Crippen molar-refractivity contribution in [2.24, 2.45) is 0 Å². The molecule has 5 heteroatoms. The van der Waals surface area contributed by atoms with Gasteiger partial charge in [-0.2, -0.15) is 0 Å². The first kappa shape index (κ1) is 13.8. The predicted molar refractivity (Wildman–Crippen MR) is 65.7 cm³/mol. The summed E-state index contributed by atoms with van der Waals surface area (Å²) in [7, 11) is 1.26. The lowest BCUT2D eigenvalue weighted by Gasteiger charge is -2.16. The first-order chi connectivity index (χ1) is 8.54. The zero-order chi connectivity index (χ0) is 13.5. The molecule has 18 heavy (non-hydrogen) atoms. The molecule has 96 valence electrons. The van der Waals surface area contributed by atoms with Crippen molar-refractivity contribution >= 4 is 11.9 Å². The molecular formula is C13H15NO4. The second-order valence-electron chi connectivity index (χ2n) is 3.68. The van der Waals surface area contributed by atoms with E-state index in [4.69, 9.17) is 5.11 Å². The van der Waals surface area contributed by atoms with Gasteiger partial charge < -0.3 is 15.2 Å². The molecule has 0 amide bonds. The molecule has 2 N–H and O–H groups in total. The minimum absolute atomic E-state index is 0.429. The Hall–Kier alpha value is -2.30. The van der Waals surface area contributed by atoms with E-state index in [-0.39, 0.29) is 0 Å². The highest BCUT2D eigenvalue weighted by Gasteiger charge is 2.19. The van der Waals surface area contributed by atoms with Gasteiger partial charge in [-0.05, 0) is 12.5 Å². The molecule has 1 atom stereocenters. The van der Waals surface area contributed by atoms with Gasteiger partial charge in [-0.1, -0.05) is 30.3 Å². The first-order valence-electron chi connectivity index (χ1n) is 5.35. The van der Waals surface area contributed by atoms with Crippen molar-refractivity contribution in [3.8, 4) is 0 Å². The number of aliphatic carboxylic acids is 1. The SMILES string of the molecule is COC(=O)/C=C(\C)N[C@H](C(=O)O)c1ccccc1. The molecule has 0 aliphatic rings. The lowest BCUT2D eigenvalue weighted by Crippen LogP contribution is -2.27. The van der Waals surface area contributed by atoms with Crippen molar-refractivity contribution in [3.63, 3.8) is 0 Å². The maximum atomic E-state index is 11.2. The van der Waals surface area contributed by atoms with Gasteiger partial charge in [-0.3, -0.25) is 0 Å². The van der Waals surface area contributed by atoms with Crippen LogP contribution in [-0.2, 0) is 14.3 Å². The highest BCUT2D eigenvalue weighted by molar-refractivity contribution is 5.83. The average Bonchev–Trinajstić information content (AvgIpc) is 2.36. The van der Waals surface area contributed by atoms with Gasteiger partial charge in [0, 0.05) is 11.8 Å². The van der Waals surface area contributed by atoms with E-state index in [1.807, 2.05) is 0 Å². The average molecular weight is 249 g/mol. The van der Waals surface area contributed by atoms with Crippen molar-refractivity contribution in [1.82, 2.24) is 5.32 Å². The van der Waals surface area contributed by atoms with Crippen molar-refractivity contribution in [3.05, 3.63) is 47.7 Å². The highest BCUT2D eigenvalue weighted by atomic mass is 16.5. The number of esters is 1. The van der Waals surface area contributed by atoms with Crippen molar-refractivity contribution in [2.75, 3.05) is 7.11 Å². The van der Waals surface area contributed by atoms with Gasteiger partial charge in [0.25, 0.3) is 0 Å². The van der Waals surface area contributed by atoms with Gasteiger partial charge >= 0.3 is 11.9 Å². The molecule has 0 fully saturated rings. The monoisotopic (exact) mass is 249 g/mol. The standard InChI is InChI=1S/C13H15NO4/c1-9(8-11(15)18-2)14-12(13(16)17)10-6-4-3-5-7-10/h3-8,12,14H,1-2H3,(H,16,17)/b9-8+/t12-/m0/s1. The van der Waals surface area contributed by atoms with Gasteiger partial charge in [0.1, 0.15) is 6.04 Å². The number of rotatable bonds is 5. The van der Waals surface area contributed by atoms with E-state index in [2.05, 4.69) is 10.1 Å². The summed E-state index contributed by atoms with van der Waals surface area (Å²) in [4.78, 5) is 22.2. The van der Waals surface area contributed by atoms with E-state index in [1.165, 1.54) is 13.2 Å². The number of methoxy groups -OCH3 is 1. The minimum atomic E-state index is -1.01. The minimum Gasteiger partial charge on any atom is -0.479 e. The maximum Gasteiger partial charge on any atom is 0.332 e. The molecule has 0 aromatic heterocycles. The second-order valence-corrected chi connectivity index (χ2v) is 3.68. The lowest BCUT2D eigenvalue weighted by atomic mass is 10.1. The number of carboxylic acid groups (broad SMARTS) is 1. The zero-order valence-corrected chi connectivity index (χ0v) is 10.2. The summed E-state index contributed by atoms with van der Waals surface area (Å²) < 4.78 is 4.47. The summed E-state index contributed by atoms with van der Waals surface area (Å²) in [6, 6.07) is 7.83. The third-order valence-corrected chi connectivity index (χ3v) is 2.29. The van der Waals surface area contributed by atoms with Crippen LogP contribution in [-0.4, -0.2) is 24.2 Å². The van der Waals surface area contributed by atoms with E-state index < -0.39 is 18.0 Å². The van der Waals surface area contributed by atoms with Gasteiger partial charge in [0.05, 0.1) is 7.11 Å². The Kier molecular flexibility index (Phi) is 4.92. The summed E-state index contributed by atoms with van der Waals surface area (Å²) in [6.45, 7) is 1.61. The number of nitrogens with one attached hydrogen (secondary N) is 1. The molecule has 1 aromatic carbocycles. The third kappa shape index (κ3) is 3.93. The second kappa shape index (κ2) is 6.44. The van der Waals surface area contributed by atoms with E-state index in [9.17, 15) is 9.59 Å². The van der Waals surface area contributed by atoms with Crippen LogP contribution in [0.5, 0.6) is 0 Å². The van der Waals surface area contributed by atoms with Crippen molar-refractivity contribution < 1.29 is 19.4 Å². The van der Waals surface area contributed by atoms with Crippen LogP contribution in [0.25, 0.3) is 0 Å². The lowest BCUT2D eigenvalue weighted by molar-refractivity contribution is -0.139. The Morgan fingerprint density at radius 2 is 1.94 bits per heavy atom. The molecule has 0 unspecified atom stereocenters. The van der Waals surface area contributed by atoms with E-state index in [0.29, 0.717) is 11.3 Å². The summed E-state index contributed by atoms with van der Waals surface area (Å²) in [6.07, 6.45) is 1.21. The van der Waals surface area contributed by atoms with Crippen LogP contribution in [0.3, 0.4) is 0 Å². The molecule has 0 spiro atoms. The van der Waals surface area contributed by atoms with Crippen LogP contribution < -0.4 is 5.32 Å². The quantitative estimate of drug-likeness (QED) is 0.610. The molecule has 0 aliphatic carbocycles. The highest BCUT2D eigenvalue weighted by Crippen LogP contribution is 2.14. The number of carboxylic acids is 1. The van der Waals surface area contributed by atoms with Gasteiger partial charge in [-0.25, -0.2) is 9.59 Å². The Morgan fingerprint density at radius 1 is 1.33 bits per heavy atom. The fraction of sp³-hybridized carbons (Fsp3) is 0.231. The molecule has 1 aromatic rings. The maximum absolute atomic E-state index is 11.2. The van der Waals surface area contributed by atoms with Crippen LogP contribution in [0.1, 0.15) is 18.5 Å². The fourth-order valence-corrected chi connectivity index (χ4v) is 1.44. The topological polar surface area (TPSA) is 75.6 Å². The van der Waals surface area contributed by atoms with Crippen molar-refractivity contribution in [1.29, 1.82) is 0 Å². The summed E-state index contributed by atoms with van der Waals surface area (Å²) >= 11 is 0. The number of hydrogen-bond donors (Lipinski definition) is 2. The first-order valence-corrected chi connectivity index (χ1v) is 5.35. The molecular weight excluding hydrogens is 234 g/mol. The molecule has 1 rings (SSSR count). The molecule has 0 bridgehead atoms. The Balaban J connectivity index is 2.86. The fourth-order valence-electron chi connectivity index (χ4n) is 1.44. The van der Waals surface area contributed by atoms with Crippen LogP contribution >= 0.6 is 0 Å². The van der Waals surface area contributed by atoms with Gasteiger partial charge in [0.2, 0.25) is 0 Å². The zero-order valence-electron chi connectivity index (χ0n) is 10.2.